The molecule has 3 heteroatoms. The van der Waals surface area contributed by atoms with Crippen LogP contribution in [0.25, 0.3) is 0 Å². The number of para-hydroxylation sites is 2. The number of rotatable bonds is 3. The van der Waals surface area contributed by atoms with Gasteiger partial charge < -0.3 is 10.2 Å². The van der Waals surface area contributed by atoms with Crippen molar-refractivity contribution in [3.05, 3.63) is 60.2 Å². The van der Waals surface area contributed by atoms with Gasteiger partial charge in [0.25, 0.3) is 0 Å². The second kappa shape index (κ2) is 6.45. The molecule has 3 atom stereocenters. The van der Waals surface area contributed by atoms with Crippen molar-refractivity contribution in [1.82, 2.24) is 0 Å². The van der Waals surface area contributed by atoms with Gasteiger partial charge in [-0.05, 0) is 30.2 Å². The maximum atomic E-state index is 12.2. The summed E-state index contributed by atoms with van der Waals surface area (Å²) in [5.74, 6) is 0.452. The third kappa shape index (κ3) is 2.83. The van der Waals surface area contributed by atoms with E-state index in [9.17, 15) is 4.79 Å². The van der Waals surface area contributed by atoms with Crippen LogP contribution in [0.15, 0.2) is 54.6 Å². The molecule has 0 saturated carbocycles. The summed E-state index contributed by atoms with van der Waals surface area (Å²) in [6.45, 7) is 6.06. The molecular weight excluding hydrogens is 284 g/mol. The molecule has 1 aliphatic heterocycles. The highest BCUT2D eigenvalue weighted by Crippen LogP contribution is 2.43. The molecular formula is C20H24N2O. The molecule has 2 aromatic rings. The highest BCUT2D eigenvalue weighted by Gasteiger charge is 2.39. The number of carbonyl (C=O) groups excluding carboxylic acids is 1. The lowest BCUT2D eigenvalue weighted by Gasteiger charge is -2.45. The van der Waals surface area contributed by atoms with Gasteiger partial charge in [0.15, 0.2) is 0 Å². The highest BCUT2D eigenvalue weighted by molar-refractivity contribution is 5.94. The lowest BCUT2D eigenvalue weighted by atomic mass is 9.81. The highest BCUT2D eigenvalue weighted by atomic mass is 16.2. The second-order valence-corrected chi connectivity index (χ2v) is 6.27. The van der Waals surface area contributed by atoms with E-state index in [1.807, 2.05) is 29.2 Å². The van der Waals surface area contributed by atoms with Crippen molar-refractivity contribution >= 4 is 17.3 Å². The van der Waals surface area contributed by atoms with Gasteiger partial charge in [-0.15, -0.1) is 0 Å². The van der Waals surface area contributed by atoms with Gasteiger partial charge in [0.2, 0.25) is 5.91 Å². The van der Waals surface area contributed by atoms with Crippen LogP contribution in [0, 0.1) is 5.92 Å². The van der Waals surface area contributed by atoms with Crippen LogP contribution < -0.4 is 10.2 Å². The minimum atomic E-state index is 0.120. The van der Waals surface area contributed by atoms with Crippen LogP contribution in [0.1, 0.15) is 38.8 Å². The second-order valence-electron chi connectivity index (χ2n) is 6.27. The number of carbonyl (C=O) groups is 1. The van der Waals surface area contributed by atoms with Gasteiger partial charge in [-0.2, -0.15) is 0 Å². The normalized spacial score (nSPS) is 23.3. The predicted molar refractivity (Wildman–Crippen MR) is 95.7 cm³/mol. The molecule has 120 valence electrons. The van der Waals surface area contributed by atoms with Gasteiger partial charge in [0.1, 0.15) is 0 Å². The van der Waals surface area contributed by atoms with Gasteiger partial charge in [0, 0.05) is 30.3 Å². The summed E-state index contributed by atoms with van der Waals surface area (Å²) in [7, 11) is 0. The number of hydrogen-bond acceptors (Lipinski definition) is 2. The quantitative estimate of drug-likeness (QED) is 0.897. The van der Waals surface area contributed by atoms with E-state index >= 15 is 0 Å². The van der Waals surface area contributed by atoms with Crippen LogP contribution in [0.3, 0.4) is 0 Å². The van der Waals surface area contributed by atoms with Gasteiger partial charge in [0.05, 0.1) is 6.04 Å². The summed E-state index contributed by atoms with van der Waals surface area (Å²) < 4.78 is 0. The van der Waals surface area contributed by atoms with Crippen molar-refractivity contribution in [3.8, 4) is 0 Å². The van der Waals surface area contributed by atoms with E-state index in [0.717, 1.165) is 17.8 Å². The number of nitrogens with one attached hydrogen (secondary N) is 1. The number of nitrogens with zero attached hydrogens (tertiary/aromatic N) is 1. The fourth-order valence-electron chi connectivity index (χ4n) is 3.77. The van der Waals surface area contributed by atoms with E-state index in [1.165, 1.54) is 5.56 Å². The first-order valence-corrected chi connectivity index (χ1v) is 8.33. The Balaban J connectivity index is 2.05. The molecule has 0 saturated heterocycles. The summed E-state index contributed by atoms with van der Waals surface area (Å²) in [6.07, 6.45) is 0.946. The van der Waals surface area contributed by atoms with Crippen molar-refractivity contribution in [3.63, 3.8) is 0 Å². The van der Waals surface area contributed by atoms with E-state index in [-0.39, 0.29) is 18.0 Å². The van der Waals surface area contributed by atoms with E-state index in [2.05, 4.69) is 49.5 Å². The molecule has 3 rings (SSSR count). The summed E-state index contributed by atoms with van der Waals surface area (Å²) in [6, 6.07) is 19.0. The summed E-state index contributed by atoms with van der Waals surface area (Å²) in [4.78, 5) is 14.2. The standard InChI is InChI=1S/C20H24N2O/c1-4-18-14(2)20(21-16-10-6-5-7-11-16)17-12-8-9-13-19(17)22(18)15(3)23/h5-14,18,20-21H,4H2,1-3H3/t14-,18+,20-/m0/s1. The maximum absolute atomic E-state index is 12.2. The first-order chi connectivity index (χ1) is 11.1. The molecule has 1 amide bonds. The van der Waals surface area contributed by atoms with Crippen LogP contribution >= 0.6 is 0 Å². The third-order valence-electron chi connectivity index (χ3n) is 4.85. The van der Waals surface area contributed by atoms with Crippen LogP contribution in [0.5, 0.6) is 0 Å². The Morgan fingerprint density at radius 1 is 1.09 bits per heavy atom. The van der Waals surface area contributed by atoms with Crippen LogP contribution in [0.4, 0.5) is 11.4 Å². The number of amides is 1. The van der Waals surface area contributed by atoms with Crippen molar-refractivity contribution in [2.75, 3.05) is 10.2 Å². The zero-order valence-corrected chi connectivity index (χ0v) is 14.0. The van der Waals surface area contributed by atoms with Gasteiger partial charge in [-0.25, -0.2) is 0 Å². The molecule has 2 aromatic carbocycles. The minimum absolute atomic E-state index is 0.120. The predicted octanol–water partition coefficient (Wildman–Crippen LogP) is 4.62. The topological polar surface area (TPSA) is 32.3 Å². The molecule has 0 bridgehead atoms. The van der Waals surface area contributed by atoms with Crippen molar-refractivity contribution in [2.24, 2.45) is 5.92 Å². The first kappa shape index (κ1) is 15.6. The molecule has 1 heterocycles. The Bertz CT molecular complexity index is 683. The molecule has 1 aliphatic rings. The molecule has 0 aliphatic carbocycles. The number of fused-ring (bicyclic) bond motifs is 1. The van der Waals surface area contributed by atoms with E-state index in [0.29, 0.717) is 5.92 Å². The monoisotopic (exact) mass is 308 g/mol. The zero-order valence-electron chi connectivity index (χ0n) is 14.0. The first-order valence-electron chi connectivity index (χ1n) is 8.33. The zero-order chi connectivity index (χ0) is 16.4. The Kier molecular flexibility index (Phi) is 4.37. The Hall–Kier alpha value is -2.29. The van der Waals surface area contributed by atoms with Crippen LogP contribution in [-0.4, -0.2) is 11.9 Å². The van der Waals surface area contributed by atoms with Crippen LogP contribution in [-0.2, 0) is 4.79 Å². The molecule has 0 spiro atoms. The number of anilines is 2. The maximum Gasteiger partial charge on any atom is 0.224 e. The van der Waals surface area contributed by atoms with Crippen molar-refractivity contribution < 1.29 is 4.79 Å². The molecule has 0 radical (unpaired) electrons. The van der Waals surface area contributed by atoms with Crippen molar-refractivity contribution in [2.45, 2.75) is 39.3 Å². The van der Waals surface area contributed by atoms with Gasteiger partial charge in [-0.3, -0.25) is 4.79 Å². The van der Waals surface area contributed by atoms with E-state index in [1.54, 1.807) is 6.92 Å². The fraction of sp³-hybridized carbons (Fsp3) is 0.350. The minimum Gasteiger partial charge on any atom is -0.378 e. The molecule has 1 N–H and O–H groups in total. The molecule has 23 heavy (non-hydrogen) atoms. The van der Waals surface area contributed by atoms with E-state index in [4.69, 9.17) is 0 Å². The molecule has 0 fully saturated rings. The SMILES string of the molecule is CC[C@@H]1[C@H](C)[C@H](Nc2ccccc2)c2ccccc2N1C(C)=O. The lowest BCUT2D eigenvalue weighted by Crippen LogP contribution is -2.49. The van der Waals surface area contributed by atoms with Crippen molar-refractivity contribution in [1.29, 1.82) is 0 Å². The summed E-state index contributed by atoms with van der Waals surface area (Å²) >= 11 is 0. The number of benzene rings is 2. The number of hydrogen-bond donors (Lipinski definition) is 1. The Morgan fingerprint density at radius 3 is 2.39 bits per heavy atom. The van der Waals surface area contributed by atoms with E-state index < -0.39 is 0 Å². The average molecular weight is 308 g/mol. The summed E-state index contributed by atoms with van der Waals surface area (Å²) in [5.41, 5.74) is 3.35. The Morgan fingerprint density at radius 2 is 1.74 bits per heavy atom. The molecule has 0 aromatic heterocycles. The third-order valence-corrected chi connectivity index (χ3v) is 4.85. The molecule has 3 nitrogen and oxygen atoms in total. The molecule has 0 unspecified atom stereocenters. The van der Waals surface area contributed by atoms with Gasteiger partial charge in [-0.1, -0.05) is 50.2 Å². The fourth-order valence-corrected chi connectivity index (χ4v) is 3.77. The smallest absolute Gasteiger partial charge is 0.224 e. The van der Waals surface area contributed by atoms with Gasteiger partial charge >= 0.3 is 0 Å². The largest absolute Gasteiger partial charge is 0.378 e. The Labute approximate surface area is 138 Å². The average Bonchev–Trinajstić information content (AvgIpc) is 2.57. The van der Waals surface area contributed by atoms with Crippen LogP contribution in [0.2, 0.25) is 0 Å². The summed E-state index contributed by atoms with van der Waals surface area (Å²) in [5, 5.41) is 3.67. The lowest BCUT2D eigenvalue weighted by molar-refractivity contribution is -0.117.